The molecule has 0 spiro atoms. The number of benzene rings is 1. The Balaban J connectivity index is 1.87. The Morgan fingerprint density at radius 2 is 2.20 bits per heavy atom. The molecule has 2 heteroatoms. The summed E-state index contributed by atoms with van der Waals surface area (Å²) in [5, 5.41) is 0. The highest BCUT2D eigenvalue weighted by molar-refractivity contribution is 9.09. The van der Waals surface area contributed by atoms with Crippen molar-refractivity contribution in [3.63, 3.8) is 0 Å². The van der Waals surface area contributed by atoms with Crippen molar-refractivity contribution < 1.29 is 4.74 Å². The summed E-state index contributed by atoms with van der Waals surface area (Å²) in [5.41, 5.74) is 2.92. The lowest BCUT2D eigenvalue weighted by Gasteiger charge is -2.10. The maximum absolute atomic E-state index is 5.53. The first kappa shape index (κ1) is 9.71. The lowest BCUT2D eigenvalue weighted by molar-refractivity contribution is 0.357. The van der Waals surface area contributed by atoms with E-state index in [1.807, 2.05) is 0 Å². The first-order chi connectivity index (χ1) is 7.33. The van der Waals surface area contributed by atoms with E-state index in [-0.39, 0.29) is 0 Å². The molecule has 1 aromatic rings. The van der Waals surface area contributed by atoms with E-state index in [0.717, 1.165) is 29.5 Å². The number of hydrogen-bond acceptors (Lipinski definition) is 1. The number of hydrogen-bond donors (Lipinski definition) is 0. The topological polar surface area (TPSA) is 9.23 Å². The SMILES string of the molecule is BrC1CCC(c2ccc3c(c2)CCO3)C1. The van der Waals surface area contributed by atoms with E-state index in [4.69, 9.17) is 4.74 Å². The van der Waals surface area contributed by atoms with Gasteiger partial charge in [0, 0.05) is 11.2 Å². The maximum atomic E-state index is 5.53. The van der Waals surface area contributed by atoms with Gasteiger partial charge in [-0.25, -0.2) is 0 Å². The summed E-state index contributed by atoms with van der Waals surface area (Å²) in [6.45, 7) is 0.866. The van der Waals surface area contributed by atoms with Crippen LogP contribution < -0.4 is 4.74 Å². The van der Waals surface area contributed by atoms with Crippen LogP contribution in [-0.4, -0.2) is 11.4 Å². The lowest BCUT2D eigenvalue weighted by atomic mass is 9.95. The fourth-order valence-corrected chi connectivity index (χ4v) is 3.41. The van der Waals surface area contributed by atoms with Crippen LogP contribution in [0.4, 0.5) is 0 Å². The average Bonchev–Trinajstić information content (AvgIpc) is 2.84. The molecule has 80 valence electrons. The molecule has 1 aliphatic carbocycles. The van der Waals surface area contributed by atoms with Crippen molar-refractivity contribution in [3.05, 3.63) is 29.3 Å². The van der Waals surface area contributed by atoms with E-state index >= 15 is 0 Å². The maximum Gasteiger partial charge on any atom is 0.122 e. The number of rotatable bonds is 1. The highest BCUT2D eigenvalue weighted by atomic mass is 79.9. The van der Waals surface area contributed by atoms with Gasteiger partial charge in [-0.15, -0.1) is 0 Å². The fraction of sp³-hybridized carbons (Fsp3) is 0.538. The van der Waals surface area contributed by atoms with E-state index in [0.29, 0.717) is 0 Å². The third kappa shape index (κ3) is 1.80. The zero-order valence-electron chi connectivity index (χ0n) is 8.71. The first-order valence-corrected chi connectivity index (χ1v) is 6.64. The molecule has 0 saturated heterocycles. The van der Waals surface area contributed by atoms with Crippen LogP contribution >= 0.6 is 15.9 Å². The van der Waals surface area contributed by atoms with Crippen molar-refractivity contribution in [2.75, 3.05) is 6.61 Å². The molecule has 2 aliphatic rings. The zero-order chi connectivity index (χ0) is 10.3. The Bertz CT molecular complexity index is 375. The van der Waals surface area contributed by atoms with Crippen molar-refractivity contribution in [2.24, 2.45) is 0 Å². The number of halogens is 1. The molecule has 2 atom stereocenters. The number of fused-ring (bicyclic) bond motifs is 1. The van der Waals surface area contributed by atoms with Crippen LogP contribution in [0.5, 0.6) is 5.75 Å². The molecule has 15 heavy (non-hydrogen) atoms. The third-order valence-electron chi connectivity index (χ3n) is 3.55. The van der Waals surface area contributed by atoms with Crippen molar-refractivity contribution in [2.45, 2.75) is 36.4 Å². The minimum absolute atomic E-state index is 0.729. The lowest BCUT2D eigenvalue weighted by Crippen LogP contribution is -1.95. The zero-order valence-corrected chi connectivity index (χ0v) is 10.3. The molecule has 0 N–H and O–H groups in total. The van der Waals surface area contributed by atoms with Gasteiger partial charge < -0.3 is 4.74 Å². The van der Waals surface area contributed by atoms with Crippen LogP contribution in [0.25, 0.3) is 0 Å². The summed E-state index contributed by atoms with van der Waals surface area (Å²) >= 11 is 3.71. The molecular formula is C13H15BrO. The molecule has 0 bridgehead atoms. The summed E-state index contributed by atoms with van der Waals surface area (Å²) < 4.78 is 5.53. The van der Waals surface area contributed by atoms with Crippen LogP contribution in [-0.2, 0) is 6.42 Å². The van der Waals surface area contributed by atoms with Gasteiger partial charge in [-0.05, 0) is 42.4 Å². The summed E-state index contributed by atoms with van der Waals surface area (Å²) in [6.07, 6.45) is 5.03. The standard InChI is InChI=1S/C13H15BrO/c14-12-3-1-10(8-12)9-2-4-13-11(7-9)5-6-15-13/h2,4,7,10,12H,1,3,5-6,8H2. The average molecular weight is 267 g/mol. The summed E-state index contributed by atoms with van der Waals surface area (Å²) in [6, 6.07) is 6.76. The van der Waals surface area contributed by atoms with E-state index in [1.54, 1.807) is 0 Å². The molecule has 1 fully saturated rings. The van der Waals surface area contributed by atoms with E-state index < -0.39 is 0 Å². The predicted molar refractivity (Wildman–Crippen MR) is 64.9 cm³/mol. The van der Waals surface area contributed by atoms with Crippen LogP contribution in [0.3, 0.4) is 0 Å². The Labute approximate surface area is 99.0 Å². The Hall–Kier alpha value is -0.500. The van der Waals surface area contributed by atoms with Crippen LogP contribution in [0.2, 0.25) is 0 Å². The molecule has 1 aromatic carbocycles. The number of ether oxygens (including phenoxy) is 1. The van der Waals surface area contributed by atoms with Gasteiger partial charge in [0.2, 0.25) is 0 Å². The Morgan fingerprint density at radius 3 is 3.00 bits per heavy atom. The summed E-state index contributed by atoms with van der Waals surface area (Å²) in [5.74, 6) is 1.87. The van der Waals surface area contributed by atoms with Gasteiger partial charge >= 0.3 is 0 Å². The van der Waals surface area contributed by atoms with Gasteiger partial charge in [0.15, 0.2) is 0 Å². The van der Waals surface area contributed by atoms with Crippen LogP contribution in [0.1, 0.15) is 36.3 Å². The second kappa shape index (κ2) is 3.82. The molecule has 0 radical (unpaired) electrons. The molecule has 2 unspecified atom stereocenters. The molecule has 1 heterocycles. The highest BCUT2D eigenvalue weighted by Gasteiger charge is 2.25. The minimum Gasteiger partial charge on any atom is -0.493 e. The van der Waals surface area contributed by atoms with Crippen LogP contribution in [0.15, 0.2) is 18.2 Å². The molecule has 1 saturated carbocycles. The van der Waals surface area contributed by atoms with Crippen LogP contribution in [0, 0.1) is 0 Å². The Morgan fingerprint density at radius 1 is 1.27 bits per heavy atom. The van der Waals surface area contributed by atoms with E-state index in [9.17, 15) is 0 Å². The predicted octanol–water partition coefficient (Wildman–Crippen LogP) is 3.65. The van der Waals surface area contributed by atoms with E-state index in [2.05, 4.69) is 34.1 Å². The molecular weight excluding hydrogens is 252 g/mol. The monoisotopic (exact) mass is 266 g/mol. The van der Waals surface area contributed by atoms with Gasteiger partial charge in [-0.3, -0.25) is 0 Å². The second-order valence-corrected chi connectivity index (χ2v) is 5.87. The molecule has 0 amide bonds. The van der Waals surface area contributed by atoms with Crippen molar-refractivity contribution >= 4 is 15.9 Å². The summed E-state index contributed by atoms with van der Waals surface area (Å²) in [4.78, 5) is 0.729. The van der Waals surface area contributed by atoms with Gasteiger partial charge in [-0.2, -0.15) is 0 Å². The molecule has 1 aliphatic heterocycles. The Kier molecular flexibility index (Phi) is 2.47. The normalized spacial score (nSPS) is 28.9. The number of alkyl halides is 1. The largest absolute Gasteiger partial charge is 0.493 e. The van der Waals surface area contributed by atoms with Crippen molar-refractivity contribution in [1.82, 2.24) is 0 Å². The molecule has 0 aromatic heterocycles. The highest BCUT2D eigenvalue weighted by Crippen LogP contribution is 2.39. The van der Waals surface area contributed by atoms with Crippen molar-refractivity contribution in [1.29, 1.82) is 0 Å². The van der Waals surface area contributed by atoms with Gasteiger partial charge in [0.25, 0.3) is 0 Å². The molecule has 3 rings (SSSR count). The van der Waals surface area contributed by atoms with Crippen molar-refractivity contribution in [3.8, 4) is 5.75 Å². The smallest absolute Gasteiger partial charge is 0.122 e. The fourth-order valence-electron chi connectivity index (χ4n) is 2.69. The van der Waals surface area contributed by atoms with Gasteiger partial charge in [-0.1, -0.05) is 28.1 Å². The third-order valence-corrected chi connectivity index (χ3v) is 4.39. The second-order valence-electron chi connectivity index (χ2n) is 4.57. The van der Waals surface area contributed by atoms with E-state index in [1.165, 1.54) is 30.4 Å². The summed E-state index contributed by atoms with van der Waals surface area (Å²) in [7, 11) is 0. The quantitative estimate of drug-likeness (QED) is 0.706. The van der Waals surface area contributed by atoms with Gasteiger partial charge in [0.05, 0.1) is 6.61 Å². The minimum atomic E-state index is 0.729. The first-order valence-electron chi connectivity index (χ1n) is 5.72. The molecule has 1 nitrogen and oxygen atoms in total. The van der Waals surface area contributed by atoms with Gasteiger partial charge in [0.1, 0.15) is 5.75 Å².